The highest BCUT2D eigenvalue weighted by Crippen LogP contribution is 2.36. The van der Waals surface area contributed by atoms with E-state index in [4.69, 9.17) is 18.9 Å². The standard InChI is InChI=1S/C23H18N2O8/c26-22(24-15-6-8-17(9-7-15)33-16-4-2-1-3-5-16)14-32-23(27)18-12-20-21(31-11-10-30-20)13-19(18)25(28)29/h1-9,12-13H,10-11,14H2,(H,24,26). The molecule has 0 saturated carbocycles. The zero-order chi connectivity index (χ0) is 23.2. The van der Waals surface area contributed by atoms with E-state index in [0.29, 0.717) is 17.2 Å². The van der Waals surface area contributed by atoms with Gasteiger partial charge in [0.1, 0.15) is 30.3 Å². The molecule has 0 saturated heterocycles. The van der Waals surface area contributed by atoms with E-state index in [-0.39, 0.29) is 30.3 Å². The van der Waals surface area contributed by atoms with Gasteiger partial charge in [0.15, 0.2) is 18.1 Å². The summed E-state index contributed by atoms with van der Waals surface area (Å²) in [6, 6.07) is 18.1. The predicted octanol–water partition coefficient (Wildman–Crippen LogP) is 3.95. The molecule has 168 valence electrons. The van der Waals surface area contributed by atoms with Crippen molar-refractivity contribution in [3.63, 3.8) is 0 Å². The normalized spacial score (nSPS) is 11.9. The fourth-order valence-corrected chi connectivity index (χ4v) is 3.03. The number of para-hydroxylation sites is 1. The molecule has 3 aromatic rings. The summed E-state index contributed by atoms with van der Waals surface area (Å²) in [6.45, 7) is -0.142. The van der Waals surface area contributed by atoms with Crippen molar-refractivity contribution < 1.29 is 33.5 Å². The third kappa shape index (κ3) is 5.37. The van der Waals surface area contributed by atoms with Crippen molar-refractivity contribution in [2.75, 3.05) is 25.1 Å². The number of carbonyl (C=O) groups excluding carboxylic acids is 2. The molecule has 3 aromatic carbocycles. The number of nitro benzene ring substituents is 1. The Morgan fingerprint density at radius 2 is 1.58 bits per heavy atom. The number of esters is 1. The number of amides is 1. The first-order chi connectivity index (χ1) is 16.0. The molecule has 0 spiro atoms. The van der Waals surface area contributed by atoms with Gasteiger partial charge in [-0.15, -0.1) is 0 Å². The van der Waals surface area contributed by atoms with E-state index in [0.717, 1.165) is 6.07 Å². The molecule has 1 amide bonds. The Hall–Kier alpha value is -4.60. The smallest absolute Gasteiger partial charge is 0.345 e. The maximum absolute atomic E-state index is 12.4. The van der Waals surface area contributed by atoms with Crippen molar-refractivity contribution in [2.45, 2.75) is 0 Å². The van der Waals surface area contributed by atoms with Crippen LogP contribution in [0.2, 0.25) is 0 Å². The van der Waals surface area contributed by atoms with Gasteiger partial charge in [0.2, 0.25) is 0 Å². The van der Waals surface area contributed by atoms with E-state index in [1.807, 2.05) is 30.3 Å². The zero-order valence-corrected chi connectivity index (χ0v) is 17.2. The van der Waals surface area contributed by atoms with E-state index in [2.05, 4.69) is 5.32 Å². The first kappa shape index (κ1) is 21.6. The molecular weight excluding hydrogens is 432 g/mol. The molecule has 10 heteroatoms. The molecule has 1 N–H and O–H groups in total. The largest absolute Gasteiger partial charge is 0.486 e. The number of nitro groups is 1. The van der Waals surface area contributed by atoms with Gasteiger partial charge in [0.25, 0.3) is 11.6 Å². The summed E-state index contributed by atoms with van der Waals surface area (Å²) in [5.41, 5.74) is -0.375. The molecular formula is C23H18N2O8. The van der Waals surface area contributed by atoms with Gasteiger partial charge < -0.3 is 24.3 Å². The fraction of sp³-hybridized carbons (Fsp3) is 0.130. The molecule has 1 heterocycles. The minimum Gasteiger partial charge on any atom is -0.486 e. The van der Waals surface area contributed by atoms with Gasteiger partial charge >= 0.3 is 5.97 Å². The van der Waals surface area contributed by atoms with Crippen LogP contribution in [0, 0.1) is 10.1 Å². The summed E-state index contributed by atoms with van der Waals surface area (Å²) in [5, 5.41) is 13.9. The molecule has 0 aliphatic carbocycles. The molecule has 0 aromatic heterocycles. The quantitative estimate of drug-likeness (QED) is 0.326. The van der Waals surface area contributed by atoms with Crippen LogP contribution in [0.1, 0.15) is 10.4 Å². The minimum atomic E-state index is -1.03. The van der Waals surface area contributed by atoms with Crippen LogP contribution in [-0.2, 0) is 9.53 Å². The van der Waals surface area contributed by atoms with Crippen LogP contribution in [0.3, 0.4) is 0 Å². The van der Waals surface area contributed by atoms with Crippen LogP contribution < -0.4 is 19.5 Å². The summed E-state index contributed by atoms with van der Waals surface area (Å²) in [5.74, 6) is -0.0188. The van der Waals surface area contributed by atoms with Gasteiger partial charge in [-0.3, -0.25) is 14.9 Å². The van der Waals surface area contributed by atoms with Crippen LogP contribution in [-0.4, -0.2) is 36.6 Å². The lowest BCUT2D eigenvalue weighted by Crippen LogP contribution is -2.22. The summed E-state index contributed by atoms with van der Waals surface area (Å²) in [4.78, 5) is 35.2. The zero-order valence-electron chi connectivity index (χ0n) is 17.2. The Labute approximate surface area is 187 Å². The minimum absolute atomic E-state index is 0.168. The molecule has 33 heavy (non-hydrogen) atoms. The van der Waals surface area contributed by atoms with Crippen LogP contribution in [0.15, 0.2) is 66.7 Å². The van der Waals surface area contributed by atoms with Gasteiger partial charge in [0, 0.05) is 11.8 Å². The number of nitrogens with zero attached hydrogens (tertiary/aromatic N) is 1. The van der Waals surface area contributed by atoms with E-state index in [1.165, 1.54) is 6.07 Å². The second-order valence-electron chi connectivity index (χ2n) is 6.83. The molecule has 10 nitrogen and oxygen atoms in total. The molecule has 0 bridgehead atoms. The highest BCUT2D eigenvalue weighted by molar-refractivity contribution is 5.98. The highest BCUT2D eigenvalue weighted by atomic mass is 16.6. The molecule has 4 rings (SSSR count). The number of nitrogens with one attached hydrogen (secondary N) is 1. The second kappa shape index (κ2) is 9.69. The molecule has 1 aliphatic rings. The van der Waals surface area contributed by atoms with Crippen LogP contribution in [0.5, 0.6) is 23.0 Å². The van der Waals surface area contributed by atoms with Gasteiger partial charge in [-0.1, -0.05) is 18.2 Å². The van der Waals surface area contributed by atoms with Crippen LogP contribution in [0.25, 0.3) is 0 Å². The van der Waals surface area contributed by atoms with Crippen molar-refractivity contribution in [3.05, 3.63) is 82.4 Å². The lowest BCUT2D eigenvalue weighted by atomic mass is 10.1. The second-order valence-corrected chi connectivity index (χ2v) is 6.83. The number of hydrogen-bond acceptors (Lipinski definition) is 8. The number of hydrogen-bond donors (Lipinski definition) is 1. The maximum atomic E-state index is 12.4. The molecule has 0 fully saturated rings. The molecule has 1 aliphatic heterocycles. The van der Waals surface area contributed by atoms with Gasteiger partial charge in [-0.05, 0) is 36.4 Å². The number of rotatable bonds is 7. The summed E-state index contributed by atoms with van der Waals surface area (Å²) in [7, 11) is 0. The van der Waals surface area contributed by atoms with Crippen molar-refractivity contribution in [2.24, 2.45) is 0 Å². The number of benzene rings is 3. The average molecular weight is 450 g/mol. The van der Waals surface area contributed by atoms with Crippen molar-refractivity contribution in [1.82, 2.24) is 0 Å². The SMILES string of the molecule is O=C(COC(=O)c1cc2c(cc1[N+](=O)[O-])OCCO2)Nc1ccc(Oc2ccccc2)cc1. The lowest BCUT2D eigenvalue weighted by Gasteiger charge is -2.18. The first-order valence-electron chi connectivity index (χ1n) is 9.87. The Kier molecular flexibility index (Phi) is 6.35. The number of anilines is 1. The summed E-state index contributed by atoms with van der Waals surface area (Å²) >= 11 is 0. The number of ether oxygens (including phenoxy) is 4. The average Bonchev–Trinajstić information content (AvgIpc) is 2.83. The van der Waals surface area contributed by atoms with Crippen molar-refractivity contribution in [3.8, 4) is 23.0 Å². The Bertz CT molecular complexity index is 1180. The highest BCUT2D eigenvalue weighted by Gasteiger charge is 2.27. The monoisotopic (exact) mass is 450 g/mol. The first-order valence-corrected chi connectivity index (χ1v) is 9.87. The van der Waals surface area contributed by atoms with Crippen molar-refractivity contribution >= 4 is 23.3 Å². The third-order valence-corrected chi connectivity index (χ3v) is 4.53. The third-order valence-electron chi connectivity index (χ3n) is 4.53. The van der Waals surface area contributed by atoms with E-state index in [1.54, 1.807) is 24.3 Å². The lowest BCUT2D eigenvalue weighted by molar-refractivity contribution is -0.385. The Balaban J connectivity index is 1.35. The van der Waals surface area contributed by atoms with Crippen LogP contribution in [0.4, 0.5) is 11.4 Å². The van der Waals surface area contributed by atoms with Crippen molar-refractivity contribution in [1.29, 1.82) is 0 Å². The van der Waals surface area contributed by atoms with Gasteiger partial charge in [-0.2, -0.15) is 0 Å². The molecule has 0 radical (unpaired) electrons. The number of fused-ring (bicyclic) bond motifs is 1. The topological polar surface area (TPSA) is 126 Å². The van der Waals surface area contributed by atoms with Gasteiger partial charge in [0.05, 0.1) is 11.0 Å². The van der Waals surface area contributed by atoms with E-state index in [9.17, 15) is 19.7 Å². The Morgan fingerprint density at radius 3 is 2.24 bits per heavy atom. The molecule has 0 unspecified atom stereocenters. The summed E-state index contributed by atoms with van der Waals surface area (Å²) in [6.07, 6.45) is 0. The Morgan fingerprint density at radius 1 is 0.939 bits per heavy atom. The predicted molar refractivity (Wildman–Crippen MR) is 116 cm³/mol. The molecule has 0 atom stereocenters. The maximum Gasteiger partial charge on any atom is 0.345 e. The van der Waals surface area contributed by atoms with E-state index < -0.39 is 29.1 Å². The van der Waals surface area contributed by atoms with Gasteiger partial charge in [-0.25, -0.2) is 4.79 Å². The number of carbonyl (C=O) groups is 2. The van der Waals surface area contributed by atoms with Crippen LogP contribution >= 0.6 is 0 Å². The fourth-order valence-electron chi connectivity index (χ4n) is 3.03. The summed E-state index contributed by atoms with van der Waals surface area (Å²) < 4.78 is 21.3. The van der Waals surface area contributed by atoms with E-state index >= 15 is 0 Å².